The fourth-order valence-electron chi connectivity index (χ4n) is 2.08. The number of fused-ring (bicyclic) bond motifs is 1. The van der Waals surface area contributed by atoms with Crippen molar-refractivity contribution in [2.24, 2.45) is 0 Å². The van der Waals surface area contributed by atoms with Crippen molar-refractivity contribution in [3.05, 3.63) is 42.2 Å². The molecule has 4 heteroatoms. The van der Waals surface area contributed by atoms with Gasteiger partial charge >= 0.3 is 0 Å². The first-order chi connectivity index (χ1) is 8.34. The molecule has 1 aromatic heterocycles. The molecule has 2 aromatic rings. The molecule has 0 saturated carbocycles. The molecule has 0 atom stereocenters. The van der Waals surface area contributed by atoms with E-state index >= 15 is 0 Å². The Hall–Kier alpha value is -2.10. The van der Waals surface area contributed by atoms with E-state index in [0.717, 1.165) is 24.6 Å². The molecule has 3 rings (SSSR count). The van der Waals surface area contributed by atoms with Crippen LogP contribution >= 0.6 is 0 Å². The van der Waals surface area contributed by atoms with Gasteiger partial charge in [0.15, 0.2) is 0 Å². The Morgan fingerprint density at radius 2 is 2.06 bits per heavy atom. The normalized spacial score (nSPS) is 13.0. The summed E-state index contributed by atoms with van der Waals surface area (Å²) >= 11 is 0. The molecule has 0 bridgehead atoms. The summed E-state index contributed by atoms with van der Waals surface area (Å²) in [5.74, 6) is 0.721. The number of aromatic nitrogens is 2. The molecular weight excluding hydrogens is 212 g/mol. The summed E-state index contributed by atoms with van der Waals surface area (Å²) < 4.78 is 0. The maximum atomic E-state index is 4.25. The van der Waals surface area contributed by atoms with Gasteiger partial charge in [0.2, 0.25) is 5.95 Å². The zero-order valence-electron chi connectivity index (χ0n) is 9.72. The lowest BCUT2D eigenvalue weighted by Gasteiger charge is -2.17. The molecule has 1 aliphatic heterocycles. The van der Waals surface area contributed by atoms with Gasteiger partial charge in [-0.3, -0.25) is 0 Å². The van der Waals surface area contributed by atoms with E-state index in [9.17, 15) is 0 Å². The molecule has 2 heterocycles. The van der Waals surface area contributed by atoms with Crippen LogP contribution in [0.2, 0.25) is 0 Å². The summed E-state index contributed by atoms with van der Waals surface area (Å²) in [6.07, 6.45) is 4.61. The number of benzene rings is 1. The van der Waals surface area contributed by atoms with E-state index in [1.165, 1.54) is 11.3 Å². The van der Waals surface area contributed by atoms with Crippen molar-refractivity contribution >= 4 is 17.3 Å². The minimum absolute atomic E-state index is 0.721. The molecule has 0 spiro atoms. The van der Waals surface area contributed by atoms with E-state index in [-0.39, 0.29) is 0 Å². The van der Waals surface area contributed by atoms with E-state index < -0.39 is 0 Å². The number of hydrogen-bond donors (Lipinski definition) is 1. The molecule has 0 fully saturated rings. The fraction of sp³-hybridized carbons (Fsp3) is 0.231. The second-order valence-electron chi connectivity index (χ2n) is 4.13. The lowest BCUT2D eigenvalue weighted by atomic mass is 10.1. The Labute approximate surface area is 100 Å². The lowest BCUT2D eigenvalue weighted by Crippen LogP contribution is -2.12. The highest BCUT2D eigenvalue weighted by Crippen LogP contribution is 2.28. The molecule has 0 radical (unpaired) electrons. The van der Waals surface area contributed by atoms with Crippen LogP contribution in [0.4, 0.5) is 17.3 Å². The molecule has 0 saturated heterocycles. The quantitative estimate of drug-likeness (QED) is 0.852. The smallest absolute Gasteiger partial charge is 0.229 e. The van der Waals surface area contributed by atoms with E-state index in [4.69, 9.17) is 0 Å². The van der Waals surface area contributed by atoms with E-state index in [1.807, 2.05) is 18.0 Å². The average Bonchev–Trinajstić information content (AvgIpc) is 2.86. The van der Waals surface area contributed by atoms with Gasteiger partial charge in [0.25, 0.3) is 0 Å². The van der Waals surface area contributed by atoms with Crippen LogP contribution in [0.3, 0.4) is 0 Å². The topological polar surface area (TPSA) is 41.0 Å². The van der Waals surface area contributed by atoms with Crippen molar-refractivity contribution in [3.63, 3.8) is 0 Å². The molecule has 17 heavy (non-hydrogen) atoms. The van der Waals surface area contributed by atoms with Crippen LogP contribution in [0.25, 0.3) is 0 Å². The van der Waals surface area contributed by atoms with Crippen molar-refractivity contribution < 1.29 is 0 Å². The molecule has 86 valence electrons. The number of rotatable bonds is 2. The molecule has 1 N–H and O–H groups in total. The Kier molecular flexibility index (Phi) is 2.40. The van der Waals surface area contributed by atoms with Gasteiger partial charge in [-0.15, -0.1) is 0 Å². The van der Waals surface area contributed by atoms with Gasteiger partial charge in [-0.05, 0) is 36.2 Å². The average molecular weight is 226 g/mol. The van der Waals surface area contributed by atoms with Crippen LogP contribution < -0.4 is 10.2 Å². The van der Waals surface area contributed by atoms with Crippen molar-refractivity contribution in [2.75, 3.05) is 23.8 Å². The fourth-order valence-corrected chi connectivity index (χ4v) is 2.08. The Morgan fingerprint density at radius 1 is 1.24 bits per heavy atom. The first kappa shape index (κ1) is 10.1. The second-order valence-corrected chi connectivity index (χ2v) is 4.13. The van der Waals surface area contributed by atoms with E-state index in [1.54, 1.807) is 12.4 Å². The van der Waals surface area contributed by atoms with Gasteiger partial charge in [-0.2, -0.15) is 0 Å². The minimum atomic E-state index is 0.721. The summed E-state index contributed by atoms with van der Waals surface area (Å²) in [6.45, 7) is 1.03. The molecule has 1 aromatic carbocycles. The second kappa shape index (κ2) is 4.05. The summed E-state index contributed by atoms with van der Waals surface area (Å²) in [5.41, 5.74) is 3.74. The minimum Gasteiger partial charge on any atom is -0.384 e. The van der Waals surface area contributed by atoms with Crippen LogP contribution in [-0.4, -0.2) is 23.6 Å². The lowest BCUT2D eigenvalue weighted by molar-refractivity contribution is 1.04. The van der Waals surface area contributed by atoms with E-state index in [2.05, 4.69) is 33.5 Å². The number of nitrogens with zero attached hydrogens (tertiary/aromatic N) is 3. The monoisotopic (exact) mass is 226 g/mol. The highest BCUT2D eigenvalue weighted by molar-refractivity contribution is 5.66. The molecule has 4 nitrogen and oxygen atoms in total. The first-order valence-corrected chi connectivity index (χ1v) is 5.72. The van der Waals surface area contributed by atoms with Gasteiger partial charge in [0.05, 0.1) is 0 Å². The van der Waals surface area contributed by atoms with Crippen molar-refractivity contribution in [1.29, 1.82) is 0 Å². The number of hydrogen-bond acceptors (Lipinski definition) is 4. The zero-order valence-corrected chi connectivity index (χ0v) is 9.72. The summed E-state index contributed by atoms with van der Waals surface area (Å²) in [5, 5.41) is 3.36. The number of nitrogens with one attached hydrogen (secondary N) is 1. The number of anilines is 3. The van der Waals surface area contributed by atoms with Gasteiger partial charge in [-0.25, -0.2) is 9.97 Å². The van der Waals surface area contributed by atoms with Gasteiger partial charge in [0.1, 0.15) is 0 Å². The largest absolute Gasteiger partial charge is 0.384 e. The van der Waals surface area contributed by atoms with Crippen LogP contribution in [0, 0.1) is 0 Å². The van der Waals surface area contributed by atoms with Gasteiger partial charge < -0.3 is 10.2 Å². The van der Waals surface area contributed by atoms with Crippen molar-refractivity contribution in [1.82, 2.24) is 9.97 Å². The molecule has 1 aliphatic rings. The van der Waals surface area contributed by atoms with Crippen LogP contribution in [0.1, 0.15) is 5.56 Å². The highest BCUT2D eigenvalue weighted by atomic mass is 15.2. The Balaban J connectivity index is 1.94. The first-order valence-electron chi connectivity index (χ1n) is 5.72. The third-order valence-electron chi connectivity index (χ3n) is 3.04. The maximum Gasteiger partial charge on any atom is 0.229 e. The van der Waals surface area contributed by atoms with Crippen LogP contribution in [0.15, 0.2) is 36.7 Å². The molecular formula is C13H14N4. The predicted octanol–water partition coefficient (Wildman–Crippen LogP) is 2.21. The third kappa shape index (κ3) is 1.82. The van der Waals surface area contributed by atoms with Gasteiger partial charge in [0, 0.05) is 37.4 Å². The third-order valence-corrected chi connectivity index (χ3v) is 3.04. The van der Waals surface area contributed by atoms with E-state index in [0.29, 0.717) is 0 Å². The van der Waals surface area contributed by atoms with Crippen molar-refractivity contribution in [2.45, 2.75) is 6.42 Å². The Bertz CT molecular complexity index is 524. The van der Waals surface area contributed by atoms with Crippen LogP contribution in [0.5, 0.6) is 0 Å². The van der Waals surface area contributed by atoms with Gasteiger partial charge in [-0.1, -0.05) is 0 Å². The molecule has 0 unspecified atom stereocenters. The standard InChI is InChI=1S/C13H14N4/c1-17(13-15-6-2-7-16-13)11-3-4-12-10(9-11)5-8-14-12/h2-4,6-7,9,14H,5,8H2,1H3. The molecule has 0 aliphatic carbocycles. The molecule has 0 amide bonds. The summed E-state index contributed by atoms with van der Waals surface area (Å²) in [7, 11) is 1.99. The summed E-state index contributed by atoms with van der Waals surface area (Å²) in [6, 6.07) is 8.24. The van der Waals surface area contributed by atoms with Crippen LogP contribution in [-0.2, 0) is 6.42 Å². The zero-order chi connectivity index (χ0) is 11.7. The van der Waals surface area contributed by atoms with Crippen molar-refractivity contribution in [3.8, 4) is 0 Å². The predicted molar refractivity (Wildman–Crippen MR) is 68.7 cm³/mol. The Morgan fingerprint density at radius 3 is 2.88 bits per heavy atom. The maximum absolute atomic E-state index is 4.25. The summed E-state index contributed by atoms with van der Waals surface area (Å²) in [4.78, 5) is 10.5. The highest BCUT2D eigenvalue weighted by Gasteiger charge is 2.13. The SMILES string of the molecule is CN(c1ccc2c(c1)CCN2)c1ncccn1.